The minimum absolute atomic E-state index is 0.0457. The molecule has 0 bridgehead atoms. The molecule has 1 saturated carbocycles. The number of aryl methyl sites for hydroxylation is 1. The van der Waals surface area contributed by atoms with Crippen LogP contribution in [0.1, 0.15) is 25.0 Å². The Morgan fingerprint density at radius 2 is 2.36 bits per heavy atom. The zero-order chi connectivity index (χ0) is 10.1. The molecule has 0 saturated heterocycles. The molecular formula is C10H13BrN2O. The first-order valence-corrected chi connectivity index (χ1v) is 5.69. The Bertz CT molecular complexity index is 396. The lowest BCUT2D eigenvalue weighted by Crippen LogP contribution is -2.28. The van der Waals surface area contributed by atoms with Crippen molar-refractivity contribution in [3.05, 3.63) is 26.8 Å². The second kappa shape index (κ2) is 3.85. The summed E-state index contributed by atoms with van der Waals surface area (Å²) in [4.78, 5) is 15.9. The highest BCUT2D eigenvalue weighted by atomic mass is 79.9. The molecule has 1 aromatic heterocycles. The van der Waals surface area contributed by atoms with E-state index in [0.717, 1.165) is 12.2 Å². The molecule has 1 aliphatic carbocycles. The van der Waals surface area contributed by atoms with Gasteiger partial charge in [0.05, 0.1) is 12.0 Å². The van der Waals surface area contributed by atoms with Crippen molar-refractivity contribution in [1.29, 1.82) is 0 Å². The molecule has 4 heteroatoms. The highest BCUT2D eigenvalue weighted by Gasteiger charge is 2.18. The van der Waals surface area contributed by atoms with Gasteiger partial charge in [-0.15, -0.1) is 0 Å². The fourth-order valence-corrected chi connectivity index (χ4v) is 1.96. The Morgan fingerprint density at radius 3 is 2.93 bits per heavy atom. The zero-order valence-electron chi connectivity index (χ0n) is 8.16. The molecule has 0 unspecified atom stereocenters. The van der Waals surface area contributed by atoms with Crippen molar-refractivity contribution in [2.24, 2.45) is 5.92 Å². The number of nitrogens with zero attached hydrogens (tertiary/aromatic N) is 2. The van der Waals surface area contributed by atoms with Crippen LogP contribution >= 0.6 is 15.9 Å². The monoisotopic (exact) mass is 256 g/mol. The van der Waals surface area contributed by atoms with Crippen LogP contribution in [0.3, 0.4) is 0 Å². The van der Waals surface area contributed by atoms with E-state index in [4.69, 9.17) is 0 Å². The Balaban J connectivity index is 2.25. The maximum absolute atomic E-state index is 11.7. The average molecular weight is 257 g/mol. The number of rotatable bonds is 2. The van der Waals surface area contributed by atoms with Crippen molar-refractivity contribution in [1.82, 2.24) is 9.55 Å². The molecule has 0 N–H and O–H groups in total. The summed E-state index contributed by atoms with van der Waals surface area (Å²) >= 11 is 3.26. The SMILES string of the molecule is Cc1ncn(CC2CCC2)c(=O)c1Br. The Morgan fingerprint density at radius 1 is 1.64 bits per heavy atom. The molecule has 0 aliphatic heterocycles. The lowest BCUT2D eigenvalue weighted by molar-refractivity contribution is 0.272. The molecule has 3 nitrogen and oxygen atoms in total. The third-order valence-corrected chi connectivity index (χ3v) is 3.75. The summed E-state index contributed by atoms with van der Waals surface area (Å²) in [5, 5.41) is 0. The van der Waals surface area contributed by atoms with Gasteiger partial charge in [-0.25, -0.2) is 4.98 Å². The minimum atomic E-state index is 0.0457. The first-order chi connectivity index (χ1) is 6.68. The van der Waals surface area contributed by atoms with Crippen LogP contribution in [-0.4, -0.2) is 9.55 Å². The summed E-state index contributed by atoms with van der Waals surface area (Å²) in [5.41, 5.74) is 0.809. The normalized spacial score (nSPS) is 16.7. The van der Waals surface area contributed by atoms with Crippen molar-refractivity contribution in [2.75, 3.05) is 0 Å². The van der Waals surface area contributed by atoms with Crippen LogP contribution in [0.4, 0.5) is 0 Å². The molecule has 0 amide bonds. The Kier molecular flexibility index (Phi) is 2.72. The van der Waals surface area contributed by atoms with Crippen LogP contribution in [0.15, 0.2) is 15.6 Å². The van der Waals surface area contributed by atoms with E-state index in [1.54, 1.807) is 10.9 Å². The number of aromatic nitrogens is 2. The van der Waals surface area contributed by atoms with Crippen molar-refractivity contribution < 1.29 is 0 Å². The predicted octanol–water partition coefficient (Wildman–Crippen LogP) is 2.11. The smallest absolute Gasteiger partial charge is 0.267 e. The van der Waals surface area contributed by atoms with Gasteiger partial charge in [0.25, 0.3) is 5.56 Å². The van der Waals surface area contributed by atoms with Gasteiger partial charge in [-0.05, 0) is 41.6 Å². The maximum Gasteiger partial charge on any atom is 0.267 e. The van der Waals surface area contributed by atoms with E-state index in [0.29, 0.717) is 10.4 Å². The molecule has 1 aromatic rings. The number of hydrogen-bond donors (Lipinski definition) is 0. The maximum atomic E-state index is 11.7. The highest BCUT2D eigenvalue weighted by molar-refractivity contribution is 9.10. The molecule has 14 heavy (non-hydrogen) atoms. The van der Waals surface area contributed by atoms with E-state index in [-0.39, 0.29) is 5.56 Å². The van der Waals surface area contributed by atoms with Gasteiger partial charge < -0.3 is 0 Å². The standard InChI is InChI=1S/C10H13BrN2O/c1-7-9(11)10(14)13(6-12-7)5-8-3-2-4-8/h6,8H,2-5H2,1H3. The molecule has 0 atom stereocenters. The third-order valence-electron chi connectivity index (χ3n) is 2.84. The van der Waals surface area contributed by atoms with Crippen molar-refractivity contribution in [3.8, 4) is 0 Å². The molecule has 0 radical (unpaired) electrons. The van der Waals surface area contributed by atoms with Gasteiger partial charge in [0.1, 0.15) is 4.47 Å². The van der Waals surface area contributed by atoms with E-state index < -0.39 is 0 Å². The molecule has 2 rings (SSSR count). The second-order valence-corrected chi connectivity index (χ2v) is 4.69. The van der Waals surface area contributed by atoms with Gasteiger partial charge in [-0.2, -0.15) is 0 Å². The fraction of sp³-hybridized carbons (Fsp3) is 0.600. The fourth-order valence-electron chi connectivity index (χ4n) is 1.63. The van der Waals surface area contributed by atoms with Gasteiger partial charge >= 0.3 is 0 Å². The van der Waals surface area contributed by atoms with E-state index in [9.17, 15) is 4.79 Å². The molecule has 0 aromatic carbocycles. The summed E-state index contributed by atoms with van der Waals surface area (Å²) in [7, 11) is 0. The second-order valence-electron chi connectivity index (χ2n) is 3.90. The van der Waals surface area contributed by atoms with Crippen LogP contribution in [0, 0.1) is 12.8 Å². The molecule has 1 heterocycles. The first kappa shape index (κ1) is 9.90. The van der Waals surface area contributed by atoms with Gasteiger partial charge in [0.15, 0.2) is 0 Å². The molecular weight excluding hydrogens is 244 g/mol. The Hall–Kier alpha value is -0.640. The summed E-state index contributed by atoms with van der Waals surface area (Å²) in [6.07, 6.45) is 5.45. The van der Waals surface area contributed by atoms with Crippen molar-refractivity contribution in [2.45, 2.75) is 32.7 Å². The zero-order valence-corrected chi connectivity index (χ0v) is 9.75. The third kappa shape index (κ3) is 1.75. The molecule has 76 valence electrons. The van der Waals surface area contributed by atoms with Crippen LogP contribution < -0.4 is 5.56 Å². The number of halogens is 1. The Labute approximate surface area is 91.3 Å². The topological polar surface area (TPSA) is 34.9 Å². The first-order valence-electron chi connectivity index (χ1n) is 4.90. The van der Waals surface area contributed by atoms with E-state index in [1.165, 1.54) is 19.3 Å². The van der Waals surface area contributed by atoms with Crippen LogP contribution in [0.2, 0.25) is 0 Å². The highest BCUT2D eigenvalue weighted by Crippen LogP contribution is 2.27. The quantitative estimate of drug-likeness (QED) is 0.813. The van der Waals surface area contributed by atoms with Gasteiger partial charge in [0, 0.05) is 6.54 Å². The van der Waals surface area contributed by atoms with Gasteiger partial charge in [-0.1, -0.05) is 6.42 Å². The van der Waals surface area contributed by atoms with Gasteiger partial charge in [0.2, 0.25) is 0 Å². The number of hydrogen-bond acceptors (Lipinski definition) is 2. The van der Waals surface area contributed by atoms with E-state index in [1.807, 2.05) is 6.92 Å². The molecule has 0 spiro atoms. The van der Waals surface area contributed by atoms with Crippen LogP contribution in [0.25, 0.3) is 0 Å². The lowest BCUT2D eigenvalue weighted by atomic mass is 9.85. The van der Waals surface area contributed by atoms with Gasteiger partial charge in [-0.3, -0.25) is 9.36 Å². The largest absolute Gasteiger partial charge is 0.298 e. The minimum Gasteiger partial charge on any atom is -0.298 e. The van der Waals surface area contributed by atoms with Crippen molar-refractivity contribution >= 4 is 15.9 Å². The summed E-state index contributed by atoms with van der Waals surface area (Å²) in [6.45, 7) is 2.66. The summed E-state index contributed by atoms with van der Waals surface area (Å²) in [5.74, 6) is 0.684. The van der Waals surface area contributed by atoms with Crippen LogP contribution in [-0.2, 0) is 6.54 Å². The lowest BCUT2D eigenvalue weighted by Gasteiger charge is -2.25. The van der Waals surface area contributed by atoms with Crippen molar-refractivity contribution in [3.63, 3.8) is 0 Å². The van der Waals surface area contributed by atoms with E-state index in [2.05, 4.69) is 20.9 Å². The summed E-state index contributed by atoms with van der Waals surface area (Å²) < 4.78 is 2.31. The summed E-state index contributed by atoms with van der Waals surface area (Å²) in [6, 6.07) is 0. The molecule has 1 aliphatic rings. The predicted molar refractivity (Wildman–Crippen MR) is 58.3 cm³/mol. The van der Waals surface area contributed by atoms with Crippen LogP contribution in [0.5, 0.6) is 0 Å². The molecule has 1 fully saturated rings. The average Bonchev–Trinajstić information content (AvgIpc) is 2.10. The van der Waals surface area contributed by atoms with E-state index >= 15 is 0 Å².